The van der Waals surface area contributed by atoms with Gasteiger partial charge in [0.05, 0.1) is 0 Å². The molecular weight excluding hydrogens is 368 g/mol. The van der Waals surface area contributed by atoms with Crippen LogP contribution >= 0.6 is 15.9 Å². The molecule has 1 heterocycles. The van der Waals surface area contributed by atoms with E-state index in [0.29, 0.717) is 5.75 Å². The molecule has 24 heavy (non-hydrogen) atoms. The van der Waals surface area contributed by atoms with Crippen LogP contribution in [0.5, 0.6) is 5.75 Å². The van der Waals surface area contributed by atoms with Gasteiger partial charge in [0.25, 0.3) is 5.91 Å². The van der Waals surface area contributed by atoms with Crippen LogP contribution in [0.3, 0.4) is 0 Å². The molecule has 0 aromatic heterocycles. The van der Waals surface area contributed by atoms with Crippen molar-refractivity contribution in [1.82, 2.24) is 4.90 Å². The van der Waals surface area contributed by atoms with Gasteiger partial charge in [-0.15, -0.1) is 0 Å². The van der Waals surface area contributed by atoms with Gasteiger partial charge in [-0.05, 0) is 37.3 Å². The summed E-state index contributed by atoms with van der Waals surface area (Å²) in [5.41, 5.74) is 1.21. The molecular formula is C19H21BrN2O2. The Balaban J connectivity index is 1.55. The van der Waals surface area contributed by atoms with Crippen molar-refractivity contribution in [2.45, 2.75) is 13.0 Å². The molecule has 1 unspecified atom stereocenters. The smallest absolute Gasteiger partial charge is 0.263 e. The van der Waals surface area contributed by atoms with Gasteiger partial charge in [-0.2, -0.15) is 0 Å². The van der Waals surface area contributed by atoms with Gasteiger partial charge < -0.3 is 14.5 Å². The number of para-hydroxylation sites is 1. The molecule has 3 rings (SSSR count). The number of hydrogen-bond acceptors (Lipinski definition) is 3. The van der Waals surface area contributed by atoms with Crippen LogP contribution in [0.25, 0.3) is 0 Å². The molecule has 0 saturated carbocycles. The van der Waals surface area contributed by atoms with Crippen LogP contribution < -0.4 is 9.64 Å². The predicted octanol–water partition coefficient (Wildman–Crippen LogP) is 3.57. The Kier molecular flexibility index (Phi) is 5.41. The molecule has 0 aliphatic carbocycles. The van der Waals surface area contributed by atoms with Gasteiger partial charge >= 0.3 is 0 Å². The van der Waals surface area contributed by atoms with Crippen LogP contribution in [0.2, 0.25) is 0 Å². The fourth-order valence-corrected chi connectivity index (χ4v) is 3.25. The van der Waals surface area contributed by atoms with E-state index in [1.807, 2.05) is 54.3 Å². The van der Waals surface area contributed by atoms with Crippen LogP contribution in [0, 0.1) is 0 Å². The molecule has 0 N–H and O–H groups in total. The maximum absolute atomic E-state index is 12.6. The van der Waals surface area contributed by atoms with Crippen LogP contribution in [-0.2, 0) is 4.79 Å². The van der Waals surface area contributed by atoms with Crippen molar-refractivity contribution in [2.75, 3.05) is 31.1 Å². The summed E-state index contributed by atoms with van der Waals surface area (Å²) in [5, 5.41) is 0. The van der Waals surface area contributed by atoms with E-state index in [4.69, 9.17) is 4.74 Å². The van der Waals surface area contributed by atoms with E-state index < -0.39 is 6.10 Å². The quantitative estimate of drug-likeness (QED) is 0.802. The van der Waals surface area contributed by atoms with Crippen molar-refractivity contribution in [3.8, 4) is 5.75 Å². The fraction of sp³-hybridized carbons (Fsp3) is 0.316. The van der Waals surface area contributed by atoms with Gasteiger partial charge in [0.1, 0.15) is 5.75 Å². The van der Waals surface area contributed by atoms with Gasteiger partial charge in [-0.1, -0.05) is 40.2 Å². The minimum Gasteiger partial charge on any atom is -0.481 e. The number of carbonyl (C=O) groups excluding carboxylic acids is 1. The average Bonchev–Trinajstić information content (AvgIpc) is 2.62. The molecule has 1 amide bonds. The SMILES string of the molecule is CC(Oc1cccc(Br)c1)C(=O)N1CCN(c2ccccc2)CC1. The summed E-state index contributed by atoms with van der Waals surface area (Å²) in [5.74, 6) is 0.746. The summed E-state index contributed by atoms with van der Waals surface area (Å²) in [4.78, 5) is 16.8. The highest BCUT2D eigenvalue weighted by Gasteiger charge is 2.26. The highest BCUT2D eigenvalue weighted by Crippen LogP contribution is 2.20. The molecule has 1 aliphatic heterocycles. The first-order chi connectivity index (χ1) is 11.6. The van der Waals surface area contributed by atoms with Crippen LogP contribution in [0.15, 0.2) is 59.1 Å². The van der Waals surface area contributed by atoms with E-state index in [2.05, 4.69) is 33.0 Å². The molecule has 1 atom stereocenters. The molecule has 1 saturated heterocycles. The van der Waals surface area contributed by atoms with E-state index >= 15 is 0 Å². The number of benzene rings is 2. The topological polar surface area (TPSA) is 32.8 Å². The summed E-state index contributed by atoms with van der Waals surface area (Å²) in [7, 11) is 0. The summed E-state index contributed by atoms with van der Waals surface area (Å²) in [6.07, 6.45) is -0.484. The second kappa shape index (κ2) is 7.71. The highest BCUT2D eigenvalue weighted by atomic mass is 79.9. The Hall–Kier alpha value is -2.01. The lowest BCUT2D eigenvalue weighted by atomic mass is 10.2. The molecule has 0 bridgehead atoms. The third-order valence-corrected chi connectivity index (χ3v) is 4.66. The third kappa shape index (κ3) is 4.09. The van der Waals surface area contributed by atoms with E-state index in [-0.39, 0.29) is 5.91 Å². The predicted molar refractivity (Wildman–Crippen MR) is 99.5 cm³/mol. The van der Waals surface area contributed by atoms with E-state index in [1.165, 1.54) is 5.69 Å². The summed E-state index contributed by atoms with van der Waals surface area (Å²) < 4.78 is 6.73. The molecule has 4 nitrogen and oxygen atoms in total. The zero-order chi connectivity index (χ0) is 16.9. The molecule has 126 valence electrons. The van der Waals surface area contributed by atoms with E-state index in [1.54, 1.807) is 0 Å². The van der Waals surface area contributed by atoms with Gasteiger partial charge in [0.15, 0.2) is 6.10 Å². The number of piperazine rings is 1. The minimum atomic E-state index is -0.484. The number of halogens is 1. The number of carbonyl (C=O) groups is 1. The van der Waals surface area contributed by atoms with Gasteiger partial charge in [-0.25, -0.2) is 0 Å². The zero-order valence-electron chi connectivity index (χ0n) is 13.7. The molecule has 0 radical (unpaired) electrons. The van der Waals surface area contributed by atoms with E-state index in [9.17, 15) is 4.79 Å². The lowest BCUT2D eigenvalue weighted by molar-refractivity contribution is -0.138. The van der Waals surface area contributed by atoms with Gasteiger partial charge in [-0.3, -0.25) is 4.79 Å². The van der Waals surface area contributed by atoms with E-state index in [0.717, 1.165) is 30.7 Å². The number of amides is 1. The Morgan fingerprint density at radius 3 is 2.42 bits per heavy atom. The van der Waals surface area contributed by atoms with Crippen LogP contribution in [0.1, 0.15) is 6.92 Å². The van der Waals surface area contributed by atoms with Crippen molar-refractivity contribution in [3.63, 3.8) is 0 Å². The average molecular weight is 389 g/mol. The molecule has 2 aromatic rings. The second-order valence-corrected chi connectivity index (χ2v) is 6.78. The number of ether oxygens (including phenoxy) is 1. The first-order valence-corrected chi connectivity index (χ1v) is 8.94. The highest BCUT2D eigenvalue weighted by molar-refractivity contribution is 9.10. The van der Waals surface area contributed by atoms with Crippen molar-refractivity contribution < 1.29 is 9.53 Å². The van der Waals surface area contributed by atoms with Crippen LogP contribution in [-0.4, -0.2) is 43.1 Å². The number of nitrogens with zero attached hydrogens (tertiary/aromatic N) is 2. The first kappa shape index (κ1) is 16.8. The standard InChI is InChI=1S/C19H21BrN2O2/c1-15(24-18-9-5-6-16(20)14-18)19(23)22-12-10-21(11-13-22)17-7-3-2-4-8-17/h2-9,14-15H,10-13H2,1H3. The van der Waals surface area contributed by atoms with Crippen molar-refractivity contribution in [1.29, 1.82) is 0 Å². The summed E-state index contributed by atoms with van der Waals surface area (Å²) >= 11 is 3.41. The largest absolute Gasteiger partial charge is 0.481 e. The van der Waals surface area contributed by atoms with Crippen LogP contribution in [0.4, 0.5) is 5.69 Å². The molecule has 0 spiro atoms. The Morgan fingerprint density at radius 1 is 1.04 bits per heavy atom. The molecule has 1 aliphatic rings. The monoisotopic (exact) mass is 388 g/mol. The Morgan fingerprint density at radius 2 is 1.75 bits per heavy atom. The second-order valence-electron chi connectivity index (χ2n) is 5.87. The normalized spacial score (nSPS) is 15.9. The Bertz CT molecular complexity index is 685. The van der Waals surface area contributed by atoms with Crippen molar-refractivity contribution in [2.24, 2.45) is 0 Å². The third-order valence-electron chi connectivity index (χ3n) is 4.17. The number of hydrogen-bond donors (Lipinski definition) is 0. The maximum atomic E-state index is 12.6. The summed E-state index contributed by atoms with van der Waals surface area (Å²) in [6.45, 7) is 4.95. The fourth-order valence-electron chi connectivity index (χ4n) is 2.88. The molecule has 1 fully saturated rings. The van der Waals surface area contributed by atoms with Crippen molar-refractivity contribution in [3.05, 3.63) is 59.1 Å². The molecule has 2 aromatic carbocycles. The Labute approximate surface area is 151 Å². The molecule has 5 heteroatoms. The maximum Gasteiger partial charge on any atom is 0.263 e. The first-order valence-electron chi connectivity index (χ1n) is 8.14. The number of anilines is 1. The minimum absolute atomic E-state index is 0.0442. The van der Waals surface area contributed by atoms with Gasteiger partial charge in [0, 0.05) is 36.3 Å². The lowest BCUT2D eigenvalue weighted by Crippen LogP contribution is -2.52. The van der Waals surface area contributed by atoms with Gasteiger partial charge in [0.2, 0.25) is 0 Å². The lowest BCUT2D eigenvalue weighted by Gasteiger charge is -2.37. The zero-order valence-corrected chi connectivity index (χ0v) is 15.3. The van der Waals surface area contributed by atoms with Crippen molar-refractivity contribution >= 4 is 27.5 Å². The summed E-state index contributed by atoms with van der Waals surface area (Å²) in [6, 6.07) is 17.9. The number of rotatable bonds is 4.